The van der Waals surface area contributed by atoms with E-state index < -0.39 is 11.9 Å². The number of anilines is 1. The molecule has 1 atom stereocenters. The molecule has 172 valence electrons. The fourth-order valence-corrected chi connectivity index (χ4v) is 5.09. The second-order valence-electron chi connectivity index (χ2n) is 9.09. The Bertz CT molecular complexity index is 1180. The number of hydrogen-bond acceptors (Lipinski definition) is 5. The van der Waals surface area contributed by atoms with Crippen LogP contribution in [0.2, 0.25) is 10.0 Å². The molecule has 33 heavy (non-hydrogen) atoms. The van der Waals surface area contributed by atoms with Gasteiger partial charge in [0.15, 0.2) is 5.78 Å². The zero-order chi connectivity index (χ0) is 23.9. The quantitative estimate of drug-likeness (QED) is 0.540. The van der Waals surface area contributed by atoms with E-state index in [4.69, 9.17) is 33.7 Å². The van der Waals surface area contributed by atoms with Gasteiger partial charge in [-0.2, -0.15) is 0 Å². The molecule has 0 radical (unpaired) electrons. The van der Waals surface area contributed by atoms with Crippen molar-refractivity contribution in [3.8, 4) is 0 Å². The minimum absolute atomic E-state index is 0.0283. The van der Waals surface area contributed by atoms with E-state index in [2.05, 4.69) is 13.8 Å². The number of hydrogen-bond donors (Lipinski definition) is 1. The average Bonchev–Trinajstić information content (AvgIpc) is 2.73. The van der Waals surface area contributed by atoms with Crippen molar-refractivity contribution in [1.29, 1.82) is 0 Å². The second-order valence-corrected chi connectivity index (χ2v) is 9.93. The maximum absolute atomic E-state index is 13.6. The number of nitrogens with two attached hydrogens (primary N) is 1. The number of allylic oxidation sites excluding steroid dienone is 2. The molecule has 0 amide bonds. The minimum Gasteiger partial charge on any atom is -0.463 e. The van der Waals surface area contributed by atoms with E-state index in [-0.39, 0.29) is 29.2 Å². The molecule has 2 aromatic carbocycles. The van der Waals surface area contributed by atoms with Crippen LogP contribution in [0.25, 0.3) is 0 Å². The Morgan fingerprint density at radius 1 is 1.12 bits per heavy atom. The molecule has 0 saturated carbocycles. The fourth-order valence-electron chi connectivity index (χ4n) is 4.72. The lowest BCUT2D eigenvalue weighted by Gasteiger charge is -2.44. The summed E-state index contributed by atoms with van der Waals surface area (Å²) in [5, 5.41) is 1.04. The summed E-state index contributed by atoms with van der Waals surface area (Å²) in [6.07, 6.45) is 0.964. The van der Waals surface area contributed by atoms with Crippen molar-refractivity contribution >= 4 is 40.6 Å². The van der Waals surface area contributed by atoms with Gasteiger partial charge in [-0.1, -0.05) is 55.2 Å². The van der Waals surface area contributed by atoms with Gasteiger partial charge >= 0.3 is 5.97 Å². The highest BCUT2D eigenvalue weighted by molar-refractivity contribution is 6.31. The van der Waals surface area contributed by atoms with Gasteiger partial charge in [0.05, 0.1) is 18.1 Å². The van der Waals surface area contributed by atoms with Gasteiger partial charge in [0.1, 0.15) is 5.82 Å². The van der Waals surface area contributed by atoms with Crippen LogP contribution in [0.3, 0.4) is 0 Å². The number of benzene rings is 2. The Balaban J connectivity index is 2.04. The van der Waals surface area contributed by atoms with E-state index in [1.807, 2.05) is 30.3 Å². The molecule has 1 unspecified atom stereocenters. The van der Waals surface area contributed by atoms with Crippen LogP contribution in [0.5, 0.6) is 0 Å². The van der Waals surface area contributed by atoms with Crippen molar-refractivity contribution < 1.29 is 14.3 Å². The summed E-state index contributed by atoms with van der Waals surface area (Å²) in [5.41, 5.74) is 9.35. The molecule has 2 aliphatic rings. The maximum atomic E-state index is 13.6. The van der Waals surface area contributed by atoms with E-state index >= 15 is 0 Å². The van der Waals surface area contributed by atoms with Crippen molar-refractivity contribution in [2.45, 2.75) is 39.5 Å². The van der Waals surface area contributed by atoms with Crippen molar-refractivity contribution in [3.05, 3.63) is 86.8 Å². The fraction of sp³-hybridized carbons (Fsp3) is 0.308. The van der Waals surface area contributed by atoms with Crippen LogP contribution in [0, 0.1) is 5.41 Å². The third kappa shape index (κ3) is 4.28. The molecule has 0 saturated heterocycles. The highest BCUT2D eigenvalue weighted by atomic mass is 35.5. The number of Topliss-reactive ketones (excluding diaryl/α,β-unsaturated/α-hetero) is 1. The van der Waals surface area contributed by atoms with Crippen LogP contribution in [0.15, 0.2) is 71.2 Å². The molecule has 2 N–H and O–H groups in total. The molecule has 1 aliphatic heterocycles. The number of esters is 1. The molecule has 4 rings (SSSR count). The van der Waals surface area contributed by atoms with Gasteiger partial charge in [0.25, 0.3) is 0 Å². The largest absolute Gasteiger partial charge is 0.463 e. The zero-order valence-corrected chi connectivity index (χ0v) is 20.3. The van der Waals surface area contributed by atoms with Gasteiger partial charge in [-0.25, -0.2) is 4.79 Å². The minimum atomic E-state index is -0.708. The molecule has 0 spiro atoms. The van der Waals surface area contributed by atoms with Crippen LogP contribution < -0.4 is 10.6 Å². The van der Waals surface area contributed by atoms with Crippen LogP contribution >= 0.6 is 23.2 Å². The Hall–Kier alpha value is -2.76. The molecule has 0 fully saturated rings. The van der Waals surface area contributed by atoms with Gasteiger partial charge in [0.2, 0.25) is 0 Å². The number of carbonyl (C=O) groups excluding carboxylic acids is 2. The number of ketones is 1. The number of ether oxygens (including phenoxy) is 1. The lowest BCUT2D eigenvalue weighted by atomic mass is 9.68. The molecule has 2 aromatic rings. The smallest absolute Gasteiger partial charge is 0.338 e. The molecule has 1 aliphatic carbocycles. The Kier molecular flexibility index (Phi) is 6.30. The summed E-state index contributed by atoms with van der Waals surface area (Å²) in [6, 6.07) is 14.4. The van der Waals surface area contributed by atoms with Gasteiger partial charge in [-0.05, 0) is 54.7 Å². The van der Waals surface area contributed by atoms with E-state index in [1.54, 1.807) is 30.0 Å². The number of nitrogens with zero attached hydrogens (tertiary/aromatic N) is 1. The predicted octanol–water partition coefficient (Wildman–Crippen LogP) is 5.97. The lowest BCUT2D eigenvalue weighted by Crippen LogP contribution is -2.43. The number of rotatable bonds is 4. The van der Waals surface area contributed by atoms with E-state index in [9.17, 15) is 9.59 Å². The van der Waals surface area contributed by atoms with Gasteiger partial charge in [-0.15, -0.1) is 0 Å². The topological polar surface area (TPSA) is 72.6 Å². The van der Waals surface area contributed by atoms with Gasteiger partial charge < -0.3 is 10.5 Å². The summed E-state index contributed by atoms with van der Waals surface area (Å²) < 4.78 is 5.40. The molecular formula is C26H26Cl2N2O3. The number of carbonyl (C=O) groups is 2. The molecule has 1 heterocycles. The molecule has 0 aromatic heterocycles. The summed E-state index contributed by atoms with van der Waals surface area (Å²) >= 11 is 12.7. The lowest BCUT2D eigenvalue weighted by molar-refractivity contribution is -0.138. The summed E-state index contributed by atoms with van der Waals surface area (Å²) in [4.78, 5) is 28.7. The van der Waals surface area contributed by atoms with Gasteiger partial charge in [0, 0.05) is 33.4 Å². The molecular weight excluding hydrogens is 459 g/mol. The normalized spacial score (nSPS) is 20.1. The first-order chi connectivity index (χ1) is 15.6. The molecule has 0 bridgehead atoms. The summed E-state index contributed by atoms with van der Waals surface area (Å²) in [5.74, 6) is -1.08. The van der Waals surface area contributed by atoms with Crippen LogP contribution in [0.4, 0.5) is 5.69 Å². The van der Waals surface area contributed by atoms with Crippen molar-refractivity contribution in [3.63, 3.8) is 0 Å². The van der Waals surface area contributed by atoms with Gasteiger partial charge in [-0.3, -0.25) is 9.69 Å². The SMILES string of the molecule is CCOC(=O)C1=C(N)N(c2ccc(Cl)cc2)C2=C(C(=O)CC(C)(C)C2)C1c1ccccc1Cl. The molecule has 5 nitrogen and oxygen atoms in total. The maximum Gasteiger partial charge on any atom is 0.338 e. The van der Waals surface area contributed by atoms with Crippen molar-refractivity contribution in [2.24, 2.45) is 11.1 Å². The average molecular weight is 485 g/mol. The molecule has 7 heteroatoms. The van der Waals surface area contributed by atoms with E-state index in [1.165, 1.54) is 0 Å². The summed E-state index contributed by atoms with van der Waals surface area (Å²) in [7, 11) is 0. The first-order valence-electron chi connectivity index (χ1n) is 10.9. The van der Waals surface area contributed by atoms with Crippen LogP contribution in [-0.4, -0.2) is 18.4 Å². The predicted molar refractivity (Wildman–Crippen MR) is 131 cm³/mol. The Morgan fingerprint density at radius 2 is 1.79 bits per heavy atom. The first-order valence-corrected chi connectivity index (χ1v) is 11.6. The highest BCUT2D eigenvalue weighted by Crippen LogP contribution is 2.51. The Labute approximate surface area is 203 Å². The van der Waals surface area contributed by atoms with Crippen LogP contribution in [-0.2, 0) is 14.3 Å². The Morgan fingerprint density at radius 3 is 2.42 bits per heavy atom. The van der Waals surface area contributed by atoms with Crippen molar-refractivity contribution in [2.75, 3.05) is 11.5 Å². The first kappa shape index (κ1) is 23.4. The standard InChI is InChI=1S/C26H26Cl2N2O3/c1-4-33-25(32)23-21(17-7-5-6-8-18(17)28)22-19(13-26(2,3)14-20(22)31)30(24(23)29)16-11-9-15(27)10-12-16/h5-12,21H,4,13-14,29H2,1-3H3. The van der Waals surface area contributed by atoms with E-state index in [0.29, 0.717) is 39.7 Å². The highest BCUT2D eigenvalue weighted by Gasteiger charge is 2.47. The third-order valence-corrected chi connectivity index (χ3v) is 6.65. The number of halogens is 2. The van der Waals surface area contributed by atoms with E-state index in [0.717, 1.165) is 5.70 Å². The zero-order valence-electron chi connectivity index (χ0n) is 18.8. The summed E-state index contributed by atoms with van der Waals surface area (Å²) in [6.45, 7) is 6.02. The monoisotopic (exact) mass is 484 g/mol. The third-order valence-electron chi connectivity index (χ3n) is 6.06. The second kappa shape index (κ2) is 8.88. The van der Waals surface area contributed by atoms with Crippen LogP contribution in [0.1, 0.15) is 45.1 Å². The van der Waals surface area contributed by atoms with Crippen molar-refractivity contribution in [1.82, 2.24) is 0 Å².